The van der Waals surface area contributed by atoms with E-state index in [-0.39, 0.29) is 0 Å². The minimum atomic E-state index is -3.78. The van der Waals surface area contributed by atoms with Crippen LogP contribution >= 0.6 is 15.4 Å². The van der Waals surface area contributed by atoms with Crippen LogP contribution < -0.4 is 0 Å². The Bertz CT molecular complexity index is 468. The number of carbonyl (C=O) groups is 2. The lowest BCUT2D eigenvalue weighted by molar-refractivity contribution is -0.212. The molecule has 0 aromatic heterocycles. The smallest absolute Gasteiger partial charge is 0.375 e. The van der Waals surface area contributed by atoms with Crippen LogP contribution in [0.4, 0.5) is 0 Å². The van der Waals surface area contributed by atoms with Crippen LogP contribution in [0.5, 0.6) is 0 Å². The molecule has 1 rings (SSSR count). The topological polar surface area (TPSA) is 161 Å². The molecular weight excluding hydrogens is 294 g/mol. The first-order valence-corrected chi connectivity index (χ1v) is 6.60. The predicted octanol–water partition coefficient (Wildman–Crippen LogP) is -1.19. The van der Waals surface area contributed by atoms with Crippen molar-refractivity contribution in [3.8, 4) is 0 Å². The van der Waals surface area contributed by atoms with Crippen molar-refractivity contribution in [3.63, 3.8) is 0 Å². The van der Waals surface area contributed by atoms with Gasteiger partial charge in [-0.2, -0.15) is 0 Å². The number of ether oxygens (including phenoxy) is 2. The fourth-order valence-corrected chi connectivity index (χ4v) is 2.02. The van der Waals surface area contributed by atoms with Crippen molar-refractivity contribution >= 4 is 27.3 Å². The van der Waals surface area contributed by atoms with Gasteiger partial charge < -0.3 is 19.7 Å². The molecular formula is C6H6O10P2. The van der Waals surface area contributed by atoms with Crippen LogP contribution in [-0.2, 0) is 37.3 Å². The summed E-state index contributed by atoms with van der Waals surface area (Å²) in [7, 11) is -7.56. The van der Waals surface area contributed by atoms with E-state index in [1.165, 1.54) is 0 Å². The molecule has 0 radical (unpaired) electrons. The van der Waals surface area contributed by atoms with Crippen LogP contribution in [0.3, 0.4) is 0 Å². The van der Waals surface area contributed by atoms with Crippen molar-refractivity contribution in [2.75, 3.05) is 13.2 Å². The molecule has 2 unspecified atom stereocenters. The number of hydrogen-bond acceptors (Lipinski definition) is 10. The van der Waals surface area contributed by atoms with Crippen LogP contribution in [0.2, 0.25) is 0 Å². The quantitative estimate of drug-likeness (QED) is 0.476. The molecule has 2 atom stereocenters. The Balaban J connectivity index is 3.33. The molecule has 1 aliphatic rings. The summed E-state index contributed by atoms with van der Waals surface area (Å²) in [5.74, 6) is -3.59. The molecule has 1 saturated heterocycles. The maximum absolute atomic E-state index is 11.4. The van der Waals surface area contributed by atoms with E-state index in [9.17, 15) is 27.8 Å². The summed E-state index contributed by atoms with van der Waals surface area (Å²) in [6, 6.07) is 0. The average Bonchev–Trinajstić information content (AvgIpc) is 2.30. The summed E-state index contributed by atoms with van der Waals surface area (Å²) < 4.78 is 51.6. The number of cyclic esters (lactones) is 2. The maximum Gasteiger partial charge on any atom is 0.375 e. The van der Waals surface area contributed by atoms with Crippen molar-refractivity contribution in [1.29, 1.82) is 0 Å². The largest absolute Gasteiger partial charge is 0.425 e. The molecule has 100 valence electrons. The van der Waals surface area contributed by atoms with Crippen molar-refractivity contribution in [1.82, 2.24) is 0 Å². The Labute approximate surface area is 99.5 Å². The van der Waals surface area contributed by atoms with Crippen LogP contribution in [0.1, 0.15) is 0 Å². The second kappa shape index (κ2) is 4.74. The summed E-state index contributed by atoms with van der Waals surface area (Å²) in [5, 5.41) is 11.6. The van der Waals surface area contributed by atoms with Crippen molar-refractivity contribution < 1.29 is 47.5 Å². The third kappa shape index (κ3) is 1.83. The lowest BCUT2D eigenvalue weighted by atomic mass is 10.2. The summed E-state index contributed by atoms with van der Waals surface area (Å²) in [6.45, 7) is -2.87. The van der Waals surface area contributed by atoms with E-state index in [0.29, 0.717) is 0 Å². The number of aliphatic hydroxyl groups excluding tert-OH is 2. The second-order valence-electron chi connectivity index (χ2n) is 3.18. The summed E-state index contributed by atoms with van der Waals surface area (Å²) in [6.07, 6.45) is 0. The molecule has 0 aliphatic carbocycles. The normalized spacial score (nSPS) is 31.4. The third-order valence-corrected chi connectivity index (χ3v) is 4.19. The molecule has 0 aromatic carbocycles. The SMILES string of the molecule is O=C1OC(CO)(P(=O)=O)C(=O)OC1(CO)P(=O)=O. The number of aliphatic hydroxyl groups is 2. The van der Waals surface area contributed by atoms with Gasteiger partial charge in [-0.05, 0) is 0 Å². The van der Waals surface area contributed by atoms with Crippen LogP contribution in [-0.4, -0.2) is 46.0 Å². The van der Waals surface area contributed by atoms with Crippen LogP contribution in [0.25, 0.3) is 0 Å². The Kier molecular flexibility index (Phi) is 3.87. The number of carbonyl (C=O) groups excluding carboxylic acids is 2. The highest BCUT2D eigenvalue weighted by atomic mass is 31.1. The molecule has 0 amide bonds. The number of hydrogen-bond donors (Lipinski definition) is 2. The summed E-state index contributed by atoms with van der Waals surface area (Å²) in [4.78, 5) is 22.8. The summed E-state index contributed by atoms with van der Waals surface area (Å²) >= 11 is 0. The van der Waals surface area contributed by atoms with E-state index in [0.717, 1.165) is 0 Å². The molecule has 1 aliphatic heterocycles. The fraction of sp³-hybridized carbons (Fsp3) is 0.667. The molecule has 10 nitrogen and oxygen atoms in total. The second-order valence-corrected chi connectivity index (χ2v) is 5.65. The molecule has 0 aromatic rings. The molecule has 1 fully saturated rings. The molecule has 1 heterocycles. The highest BCUT2D eigenvalue weighted by Gasteiger charge is 2.65. The van der Waals surface area contributed by atoms with Gasteiger partial charge in [0.1, 0.15) is 13.2 Å². The van der Waals surface area contributed by atoms with Gasteiger partial charge >= 0.3 is 38.0 Å². The Morgan fingerprint density at radius 3 is 1.28 bits per heavy atom. The zero-order valence-corrected chi connectivity index (χ0v) is 10.3. The fourth-order valence-electron chi connectivity index (χ4n) is 1.08. The molecule has 12 heteroatoms. The van der Waals surface area contributed by atoms with Crippen molar-refractivity contribution in [2.24, 2.45) is 0 Å². The number of esters is 2. The van der Waals surface area contributed by atoms with Gasteiger partial charge in [-0.3, -0.25) is 0 Å². The first-order chi connectivity index (χ1) is 8.26. The first kappa shape index (κ1) is 14.7. The van der Waals surface area contributed by atoms with Gasteiger partial charge in [0.05, 0.1) is 0 Å². The van der Waals surface area contributed by atoms with Gasteiger partial charge in [0.2, 0.25) is 0 Å². The van der Waals surface area contributed by atoms with E-state index >= 15 is 0 Å². The third-order valence-electron chi connectivity index (χ3n) is 2.18. The zero-order valence-electron chi connectivity index (χ0n) is 8.47. The predicted molar refractivity (Wildman–Crippen MR) is 48.4 cm³/mol. The van der Waals surface area contributed by atoms with Crippen LogP contribution in [0.15, 0.2) is 0 Å². The monoisotopic (exact) mass is 300 g/mol. The van der Waals surface area contributed by atoms with E-state index in [4.69, 9.17) is 10.2 Å². The van der Waals surface area contributed by atoms with E-state index in [2.05, 4.69) is 9.47 Å². The van der Waals surface area contributed by atoms with Gasteiger partial charge in [-0.15, -0.1) is 0 Å². The molecule has 0 bridgehead atoms. The van der Waals surface area contributed by atoms with Gasteiger partial charge in [0.25, 0.3) is 0 Å². The van der Waals surface area contributed by atoms with E-state index in [1.54, 1.807) is 0 Å². The van der Waals surface area contributed by atoms with Gasteiger partial charge in [0, 0.05) is 0 Å². The standard InChI is InChI=1S/C6H6O10P2/c7-1-5(17(11)12)3(9)16-6(2-8,18(13)14)4(10)15-5/h7-8H,1-2H2. The first-order valence-electron chi connectivity index (χ1n) is 4.24. The van der Waals surface area contributed by atoms with E-state index in [1.807, 2.05) is 0 Å². The Morgan fingerprint density at radius 1 is 0.833 bits per heavy atom. The minimum absolute atomic E-state index is 1.44. The molecule has 18 heavy (non-hydrogen) atoms. The molecule has 0 saturated carbocycles. The Hall–Kier alpha value is -1.34. The van der Waals surface area contributed by atoms with Crippen molar-refractivity contribution in [3.05, 3.63) is 0 Å². The molecule has 0 spiro atoms. The molecule has 2 N–H and O–H groups in total. The Morgan fingerprint density at radius 2 is 1.11 bits per heavy atom. The van der Waals surface area contributed by atoms with Gasteiger partial charge in [-0.1, -0.05) is 0 Å². The van der Waals surface area contributed by atoms with Gasteiger partial charge in [0.15, 0.2) is 0 Å². The van der Waals surface area contributed by atoms with Crippen molar-refractivity contribution in [2.45, 2.75) is 10.7 Å². The summed E-state index contributed by atoms with van der Waals surface area (Å²) in [5.41, 5.74) is 0. The van der Waals surface area contributed by atoms with E-state index < -0.39 is 51.2 Å². The lowest BCUT2D eigenvalue weighted by Gasteiger charge is -2.34. The lowest BCUT2D eigenvalue weighted by Crippen LogP contribution is -2.59. The zero-order chi connectivity index (χ0) is 14.1. The highest BCUT2D eigenvalue weighted by Crippen LogP contribution is 2.43. The van der Waals surface area contributed by atoms with Crippen LogP contribution in [0, 0.1) is 0 Å². The highest BCUT2D eigenvalue weighted by molar-refractivity contribution is 7.35. The average molecular weight is 300 g/mol. The minimum Gasteiger partial charge on any atom is -0.425 e. The number of rotatable bonds is 4. The van der Waals surface area contributed by atoms with Gasteiger partial charge in [-0.25, -0.2) is 27.8 Å². The maximum atomic E-state index is 11.4.